The fourth-order valence-corrected chi connectivity index (χ4v) is 4.28. The highest BCUT2D eigenvalue weighted by molar-refractivity contribution is 7.13. The van der Waals surface area contributed by atoms with E-state index in [1.165, 1.54) is 11.3 Å². The van der Waals surface area contributed by atoms with Gasteiger partial charge in [0.05, 0.1) is 19.9 Å². The Morgan fingerprint density at radius 2 is 1.52 bits per heavy atom. The van der Waals surface area contributed by atoms with E-state index >= 15 is 0 Å². The second-order valence-electron chi connectivity index (χ2n) is 7.23. The summed E-state index contributed by atoms with van der Waals surface area (Å²) in [7, 11) is 3.16. The van der Waals surface area contributed by atoms with E-state index in [9.17, 15) is 9.90 Å². The normalized spacial score (nSPS) is 11.1. The molecule has 6 nitrogen and oxygen atoms in total. The molecular weight excluding hydrogens is 438 g/mol. The molecule has 0 aliphatic heterocycles. The van der Waals surface area contributed by atoms with Crippen molar-refractivity contribution in [3.8, 4) is 22.1 Å². The molecule has 1 aromatic heterocycles. The monoisotopic (exact) mass is 461 g/mol. The molecule has 0 saturated carbocycles. The van der Waals surface area contributed by atoms with Gasteiger partial charge in [-0.3, -0.25) is 0 Å². The van der Waals surface area contributed by atoms with Crippen LogP contribution < -0.4 is 9.47 Å². The lowest BCUT2D eigenvalue weighted by Crippen LogP contribution is -2.38. The van der Waals surface area contributed by atoms with Gasteiger partial charge in [-0.05, 0) is 29.3 Å². The first-order valence-electron chi connectivity index (χ1n) is 10.2. The van der Waals surface area contributed by atoms with Crippen LogP contribution in [0.5, 0.6) is 11.5 Å². The summed E-state index contributed by atoms with van der Waals surface area (Å²) >= 11 is 1.43. The summed E-state index contributed by atoms with van der Waals surface area (Å²) < 4.78 is 16.2. The second kappa shape index (κ2) is 9.85. The second-order valence-corrected chi connectivity index (χ2v) is 8.09. The molecule has 0 aliphatic rings. The summed E-state index contributed by atoms with van der Waals surface area (Å²) in [6, 6.07) is 23.1. The van der Waals surface area contributed by atoms with Gasteiger partial charge in [-0.1, -0.05) is 60.7 Å². The van der Waals surface area contributed by atoms with Gasteiger partial charge in [-0.25, -0.2) is 9.78 Å². The molecule has 3 aromatic carbocycles. The van der Waals surface area contributed by atoms with Crippen molar-refractivity contribution in [2.45, 2.75) is 12.2 Å². The van der Waals surface area contributed by atoms with Crippen LogP contribution in [0.25, 0.3) is 10.6 Å². The highest BCUT2D eigenvalue weighted by atomic mass is 32.1. The molecular formula is C26H23NO5S. The van der Waals surface area contributed by atoms with Crippen LogP contribution in [-0.4, -0.2) is 30.3 Å². The van der Waals surface area contributed by atoms with Crippen molar-refractivity contribution in [1.82, 2.24) is 4.98 Å². The van der Waals surface area contributed by atoms with Crippen molar-refractivity contribution in [1.29, 1.82) is 0 Å². The maximum Gasteiger partial charge on any atom is 0.348 e. The van der Waals surface area contributed by atoms with Crippen molar-refractivity contribution in [2.24, 2.45) is 0 Å². The first-order valence-corrected chi connectivity index (χ1v) is 11.1. The van der Waals surface area contributed by atoms with Gasteiger partial charge >= 0.3 is 5.97 Å². The van der Waals surface area contributed by atoms with Crippen LogP contribution in [0.3, 0.4) is 0 Å². The van der Waals surface area contributed by atoms with Gasteiger partial charge in [0.1, 0.15) is 11.6 Å². The summed E-state index contributed by atoms with van der Waals surface area (Å²) in [6.45, 7) is -0.0649. The van der Waals surface area contributed by atoms with Crippen LogP contribution >= 0.6 is 11.3 Å². The number of aromatic nitrogens is 1. The molecule has 4 rings (SSSR count). The zero-order chi connectivity index (χ0) is 23.3. The molecule has 0 fully saturated rings. The van der Waals surface area contributed by atoms with E-state index in [1.54, 1.807) is 62.8 Å². The topological polar surface area (TPSA) is 77.9 Å². The Bertz CT molecular complexity index is 1180. The molecule has 0 radical (unpaired) electrons. The molecule has 168 valence electrons. The van der Waals surface area contributed by atoms with Crippen molar-refractivity contribution >= 4 is 17.3 Å². The van der Waals surface area contributed by atoms with Gasteiger partial charge in [-0.15, -0.1) is 11.3 Å². The molecule has 0 bridgehead atoms. The lowest BCUT2D eigenvalue weighted by molar-refractivity contribution is -0.163. The Balaban J connectivity index is 1.54. The van der Waals surface area contributed by atoms with Gasteiger partial charge < -0.3 is 19.3 Å². The molecule has 0 amide bonds. The highest BCUT2D eigenvalue weighted by Crippen LogP contribution is 2.34. The third-order valence-electron chi connectivity index (χ3n) is 5.21. The number of hydrogen-bond donors (Lipinski definition) is 1. The first-order chi connectivity index (χ1) is 16.1. The maximum absolute atomic E-state index is 13.1. The zero-order valence-corrected chi connectivity index (χ0v) is 19.0. The van der Waals surface area contributed by atoms with E-state index in [0.29, 0.717) is 28.3 Å². The third-order valence-corrected chi connectivity index (χ3v) is 6.15. The minimum atomic E-state index is -1.93. The Hall–Kier alpha value is -3.68. The molecule has 1 N–H and O–H groups in total. The molecule has 0 spiro atoms. The van der Waals surface area contributed by atoms with Crippen LogP contribution in [-0.2, 0) is 21.7 Å². The number of carbonyl (C=O) groups is 1. The number of carbonyl (C=O) groups excluding carboxylic acids is 1. The number of thiazole rings is 1. The quantitative estimate of drug-likeness (QED) is 0.380. The number of hydrogen-bond acceptors (Lipinski definition) is 7. The number of rotatable bonds is 8. The fourth-order valence-electron chi connectivity index (χ4n) is 3.48. The van der Waals surface area contributed by atoms with E-state index in [2.05, 4.69) is 4.98 Å². The van der Waals surface area contributed by atoms with Gasteiger partial charge in [-0.2, -0.15) is 0 Å². The van der Waals surface area contributed by atoms with E-state index in [1.807, 2.05) is 35.7 Å². The molecule has 33 heavy (non-hydrogen) atoms. The van der Waals surface area contributed by atoms with Gasteiger partial charge in [0, 0.05) is 10.9 Å². The number of ether oxygens (including phenoxy) is 3. The fraction of sp³-hybridized carbons (Fsp3) is 0.154. The lowest BCUT2D eigenvalue weighted by Gasteiger charge is -2.26. The molecule has 7 heteroatoms. The number of nitrogens with zero attached hydrogens (tertiary/aromatic N) is 1. The maximum atomic E-state index is 13.1. The van der Waals surface area contributed by atoms with Crippen molar-refractivity contribution < 1.29 is 24.1 Å². The van der Waals surface area contributed by atoms with Gasteiger partial charge in [0.25, 0.3) is 0 Å². The Labute approximate surface area is 196 Å². The van der Waals surface area contributed by atoms with Crippen molar-refractivity contribution in [3.05, 3.63) is 101 Å². The molecule has 0 saturated heterocycles. The van der Waals surface area contributed by atoms with Crippen LogP contribution in [0, 0.1) is 0 Å². The Morgan fingerprint density at radius 3 is 2.09 bits per heavy atom. The third kappa shape index (κ3) is 4.60. The average molecular weight is 462 g/mol. The summed E-state index contributed by atoms with van der Waals surface area (Å²) in [4.78, 5) is 17.7. The van der Waals surface area contributed by atoms with E-state index in [0.717, 1.165) is 10.6 Å². The van der Waals surface area contributed by atoms with Crippen molar-refractivity contribution in [3.63, 3.8) is 0 Å². The summed E-state index contributed by atoms with van der Waals surface area (Å²) in [5.41, 5.74) is 0.392. The lowest BCUT2D eigenvalue weighted by atomic mass is 9.86. The minimum absolute atomic E-state index is 0.0649. The van der Waals surface area contributed by atoms with Crippen LogP contribution in [0.15, 0.2) is 84.2 Å². The van der Waals surface area contributed by atoms with Gasteiger partial charge in [0.15, 0.2) is 11.5 Å². The Morgan fingerprint density at radius 1 is 0.909 bits per heavy atom. The minimum Gasteiger partial charge on any atom is -0.493 e. The standard InChI is InChI=1S/C26H23NO5S/c1-30-22-14-13-18(15-23(22)31-2)24-27-21(17-33-24)16-32-25(28)26(29,19-9-5-3-6-10-19)20-11-7-4-8-12-20/h3-15,17,29H,16H2,1-2H3. The summed E-state index contributed by atoms with van der Waals surface area (Å²) in [5.74, 6) is 0.475. The molecule has 0 unspecified atom stereocenters. The van der Waals surface area contributed by atoms with Gasteiger partial charge in [0.2, 0.25) is 5.60 Å². The largest absolute Gasteiger partial charge is 0.493 e. The van der Waals surface area contributed by atoms with Crippen LogP contribution in [0.1, 0.15) is 16.8 Å². The number of esters is 1. The highest BCUT2D eigenvalue weighted by Gasteiger charge is 2.41. The predicted molar refractivity (Wildman–Crippen MR) is 126 cm³/mol. The summed E-state index contributed by atoms with van der Waals surface area (Å²) in [6.07, 6.45) is 0. The molecule has 0 atom stereocenters. The number of benzene rings is 3. The Kier molecular flexibility index (Phi) is 6.72. The van der Waals surface area contributed by atoms with E-state index in [4.69, 9.17) is 14.2 Å². The average Bonchev–Trinajstić information content (AvgIpc) is 3.36. The van der Waals surface area contributed by atoms with Crippen LogP contribution in [0.2, 0.25) is 0 Å². The SMILES string of the molecule is COc1ccc(-c2nc(COC(=O)C(O)(c3ccccc3)c3ccccc3)cs2)cc1OC. The first kappa shape index (κ1) is 22.5. The number of aliphatic hydroxyl groups is 1. The smallest absolute Gasteiger partial charge is 0.348 e. The summed E-state index contributed by atoms with van der Waals surface area (Å²) in [5, 5.41) is 14.0. The molecule has 4 aromatic rings. The number of methoxy groups -OCH3 is 2. The predicted octanol–water partition coefficient (Wildman–Crippen LogP) is 4.81. The zero-order valence-electron chi connectivity index (χ0n) is 18.2. The van der Waals surface area contributed by atoms with E-state index in [-0.39, 0.29) is 6.61 Å². The van der Waals surface area contributed by atoms with Crippen molar-refractivity contribution in [2.75, 3.05) is 14.2 Å². The van der Waals surface area contributed by atoms with Crippen LogP contribution in [0.4, 0.5) is 0 Å². The molecule has 0 aliphatic carbocycles. The van der Waals surface area contributed by atoms with E-state index < -0.39 is 11.6 Å². The molecule has 1 heterocycles.